The molecule has 1 saturated heterocycles. The molecule has 12 heteroatoms. The summed E-state index contributed by atoms with van der Waals surface area (Å²) < 4.78 is 40.1. The summed E-state index contributed by atoms with van der Waals surface area (Å²) in [4.78, 5) is 25.4. The van der Waals surface area contributed by atoms with Crippen molar-refractivity contribution in [2.24, 2.45) is 5.14 Å². The average molecular weight is 477 g/mol. The number of anilines is 1. The van der Waals surface area contributed by atoms with Gasteiger partial charge in [-0.2, -0.15) is 0 Å². The number of methoxy groups -OCH3 is 2. The second-order valence-corrected chi connectivity index (χ2v) is 9.59. The van der Waals surface area contributed by atoms with Crippen molar-refractivity contribution >= 4 is 27.2 Å². The van der Waals surface area contributed by atoms with E-state index in [2.05, 4.69) is 0 Å². The Hall–Kier alpha value is -3.38. The fourth-order valence-corrected chi connectivity index (χ4v) is 4.91. The highest BCUT2D eigenvalue weighted by Gasteiger charge is 2.45. The van der Waals surface area contributed by atoms with E-state index < -0.39 is 20.5 Å². The molecule has 0 bridgehead atoms. The number of sulfonamides is 1. The van der Waals surface area contributed by atoms with Crippen molar-refractivity contribution in [2.75, 3.05) is 32.2 Å². The van der Waals surface area contributed by atoms with Crippen LogP contribution in [0.5, 0.6) is 17.2 Å². The van der Waals surface area contributed by atoms with Crippen molar-refractivity contribution in [3.63, 3.8) is 0 Å². The number of nitro benzene ring substituents is 1. The highest BCUT2D eigenvalue weighted by molar-refractivity contribution is 7.89. The maximum atomic E-state index is 13.0. The fourth-order valence-electron chi connectivity index (χ4n) is 4.38. The first-order valence-electron chi connectivity index (χ1n) is 10.1. The number of rotatable bonds is 5. The Bertz CT molecular complexity index is 1240. The first-order chi connectivity index (χ1) is 15.6. The van der Waals surface area contributed by atoms with Crippen LogP contribution in [0.2, 0.25) is 0 Å². The third kappa shape index (κ3) is 4.18. The Morgan fingerprint density at radius 3 is 2.42 bits per heavy atom. The van der Waals surface area contributed by atoms with Crippen LogP contribution in [0, 0.1) is 10.1 Å². The summed E-state index contributed by atoms with van der Waals surface area (Å²) in [5, 5.41) is 16.7. The quantitative estimate of drug-likeness (QED) is 0.505. The number of carbonyl (C=O) groups is 1. The Labute approximate surface area is 190 Å². The van der Waals surface area contributed by atoms with E-state index in [1.54, 1.807) is 17.0 Å². The lowest BCUT2D eigenvalue weighted by Gasteiger charge is -2.44. The van der Waals surface area contributed by atoms with E-state index in [0.29, 0.717) is 48.7 Å². The molecule has 0 aliphatic carbocycles. The van der Waals surface area contributed by atoms with Crippen LogP contribution in [-0.2, 0) is 10.0 Å². The zero-order chi connectivity index (χ0) is 24.0. The second kappa shape index (κ2) is 8.19. The molecule has 4 rings (SSSR count). The molecule has 0 atom stereocenters. The van der Waals surface area contributed by atoms with Crippen LogP contribution >= 0.6 is 0 Å². The number of nitro groups is 1. The van der Waals surface area contributed by atoms with E-state index in [0.717, 1.165) is 6.07 Å². The molecule has 33 heavy (non-hydrogen) atoms. The molecule has 2 aliphatic rings. The minimum absolute atomic E-state index is 0.104. The molecular weight excluding hydrogens is 454 g/mol. The van der Waals surface area contributed by atoms with E-state index in [1.165, 1.54) is 26.4 Å². The van der Waals surface area contributed by atoms with Gasteiger partial charge in [-0.3, -0.25) is 14.9 Å². The lowest BCUT2D eigenvalue weighted by atomic mass is 9.82. The highest BCUT2D eigenvalue weighted by atomic mass is 32.2. The summed E-state index contributed by atoms with van der Waals surface area (Å²) in [7, 11) is -1.10. The molecule has 2 heterocycles. The minimum atomic E-state index is -4.08. The number of hydrogen-bond donors (Lipinski definition) is 1. The molecule has 2 aliphatic heterocycles. The number of ketones is 1. The number of nitrogens with zero attached hydrogens (tertiary/aromatic N) is 2. The van der Waals surface area contributed by atoms with Gasteiger partial charge in [0.25, 0.3) is 5.69 Å². The third-order valence-electron chi connectivity index (χ3n) is 6.07. The monoisotopic (exact) mass is 477 g/mol. The first kappa shape index (κ1) is 22.8. The number of piperidine rings is 1. The maximum Gasteiger partial charge on any atom is 0.293 e. The number of Topliss-reactive ketones (excluding diaryl/α,β-unsaturated/α-hetero) is 1. The van der Waals surface area contributed by atoms with Gasteiger partial charge in [0.2, 0.25) is 10.0 Å². The van der Waals surface area contributed by atoms with Crippen molar-refractivity contribution in [3.8, 4) is 17.2 Å². The van der Waals surface area contributed by atoms with Gasteiger partial charge >= 0.3 is 0 Å². The molecule has 0 unspecified atom stereocenters. The molecule has 2 aromatic rings. The van der Waals surface area contributed by atoms with E-state index in [-0.39, 0.29) is 28.5 Å². The van der Waals surface area contributed by atoms with Crippen LogP contribution in [0.15, 0.2) is 35.2 Å². The highest BCUT2D eigenvalue weighted by Crippen LogP contribution is 2.45. The minimum Gasteiger partial charge on any atom is -0.496 e. The van der Waals surface area contributed by atoms with E-state index in [9.17, 15) is 23.3 Å². The molecule has 0 aromatic heterocycles. The largest absolute Gasteiger partial charge is 0.496 e. The van der Waals surface area contributed by atoms with E-state index in [4.69, 9.17) is 19.3 Å². The number of benzene rings is 2. The number of primary sulfonamides is 1. The maximum absolute atomic E-state index is 13.0. The lowest BCUT2D eigenvalue weighted by molar-refractivity contribution is -0.384. The molecule has 1 fully saturated rings. The number of ether oxygens (including phenoxy) is 3. The van der Waals surface area contributed by atoms with Crippen molar-refractivity contribution in [1.29, 1.82) is 0 Å². The van der Waals surface area contributed by atoms with E-state index >= 15 is 0 Å². The Balaban J connectivity index is 1.60. The van der Waals surface area contributed by atoms with Crippen LogP contribution in [-0.4, -0.2) is 52.0 Å². The zero-order valence-electron chi connectivity index (χ0n) is 18.1. The van der Waals surface area contributed by atoms with Gasteiger partial charge in [0, 0.05) is 44.1 Å². The molecule has 0 radical (unpaired) electrons. The van der Waals surface area contributed by atoms with Crippen LogP contribution < -0.4 is 24.2 Å². The lowest BCUT2D eigenvalue weighted by Crippen LogP contribution is -2.51. The molecule has 0 amide bonds. The van der Waals surface area contributed by atoms with Crippen molar-refractivity contribution < 1.29 is 32.3 Å². The van der Waals surface area contributed by atoms with Crippen LogP contribution in [0.3, 0.4) is 0 Å². The Kier molecular flexibility index (Phi) is 5.66. The van der Waals surface area contributed by atoms with Gasteiger partial charge in [-0.1, -0.05) is 0 Å². The third-order valence-corrected chi connectivity index (χ3v) is 6.98. The summed E-state index contributed by atoms with van der Waals surface area (Å²) in [5.41, 5.74) is -0.445. The van der Waals surface area contributed by atoms with Gasteiger partial charge in [-0.05, 0) is 12.1 Å². The summed E-state index contributed by atoms with van der Waals surface area (Å²) in [6, 6.07) is 6.88. The topological polar surface area (TPSA) is 151 Å². The predicted molar refractivity (Wildman–Crippen MR) is 118 cm³/mol. The number of hydrogen-bond acceptors (Lipinski definition) is 9. The molecule has 11 nitrogen and oxygen atoms in total. The van der Waals surface area contributed by atoms with Gasteiger partial charge in [0.1, 0.15) is 34.1 Å². The number of carbonyl (C=O) groups excluding carboxylic acids is 1. The van der Waals surface area contributed by atoms with E-state index in [1.807, 2.05) is 0 Å². The summed E-state index contributed by atoms with van der Waals surface area (Å²) in [6.45, 7) is 0.749. The molecular formula is C21H23N3O8S. The molecule has 0 saturated carbocycles. The SMILES string of the molecule is COc1cc(OC)c2c(c1)OC1(CCN(c3ccc(S(N)(=O)=O)cc3[N+](=O)[O-])CC1)CC2=O. The normalized spacial score (nSPS) is 17.3. The van der Waals surface area contributed by atoms with Gasteiger partial charge in [0.05, 0.1) is 30.5 Å². The standard InChI is InChI=1S/C21H23N3O8S/c1-30-13-9-18(31-2)20-17(25)12-21(32-19(20)10-13)5-7-23(8-6-21)15-4-3-14(33(22,28)29)11-16(15)24(26)27/h3-4,9-11H,5-8,12H2,1-2H3,(H2,22,28,29). The Morgan fingerprint density at radius 2 is 1.85 bits per heavy atom. The van der Waals surface area contributed by atoms with Crippen molar-refractivity contribution in [3.05, 3.63) is 46.0 Å². The van der Waals surface area contributed by atoms with Crippen LogP contribution in [0.4, 0.5) is 11.4 Å². The first-order valence-corrected chi connectivity index (χ1v) is 11.7. The van der Waals surface area contributed by atoms with Gasteiger partial charge in [-0.25, -0.2) is 13.6 Å². The second-order valence-electron chi connectivity index (χ2n) is 8.03. The smallest absolute Gasteiger partial charge is 0.293 e. The number of nitrogens with two attached hydrogens (primary N) is 1. The van der Waals surface area contributed by atoms with Crippen molar-refractivity contribution in [1.82, 2.24) is 0 Å². The molecule has 2 aromatic carbocycles. The summed E-state index contributed by atoms with van der Waals surface area (Å²) >= 11 is 0. The predicted octanol–water partition coefficient (Wildman–Crippen LogP) is 2.26. The van der Waals surface area contributed by atoms with Crippen LogP contribution in [0.1, 0.15) is 29.6 Å². The zero-order valence-corrected chi connectivity index (χ0v) is 18.9. The fraction of sp³-hybridized carbons (Fsp3) is 0.381. The molecule has 2 N–H and O–H groups in total. The number of fused-ring (bicyclic) bond motifs is 1. The molecule has 1 spiro atoms. The summed E-state index contributed by atoms with van der Waals surface area (Å²) in [5.74, 6) is 1.16. The molecule has 176 valence electrons. The van der Waals surface area contributed by atoms with Gasteiger partial charge in [0.15, 0.2) is 5.78 Å². The van der Waals surface area contributed by atoms with Crippen LogP contribution in [0.25, 0.3) is 0 Å². The Morgan fingerprint density at radius 1 is 1.15 bits per heavy atom. The average Bonchev–Trinajstić information content (AvgIpc) is 2.77. The summed E-state index contributed by atoms with van der Waals surface area (Å²) in [6.07, 6.45) is 1.03. The van der Waals surface area contributed by atoms with Gasteiger partial charge < -0.3 is 19.1 Å². The van der Waals surface area contributed by atoms with Crippen molar-refractivity contribution in [2.45, 2.75) is 29.8 Å². The van der Waals surface area contributed by atoms with Gasteiger partial charge in [-0.15, -0.1) is 0 Å².